The second-order valence-electron chi connectivity index (χ2n) is 6.72. The Morgan fingerprint density at radius 2 is 1.68 bits per heavy atom. The molecule has 2 heterocycles. The summed E-state index contributed by atoms with van der Waals surface area (Å²) in [5, 5.41) is 8.72. The molecule has 1 fully saturated rings. The smallest absolute Gasteiger partial charge is 0.324 e. The first-order valence-electron chi connectivity index (χ1n) is 8.87. The normalized spacial score (nSPS) is 15.1. The molecule has 0 aromatic heterocycles. The van der Waals surface area contributed by atoms with Crippen LogP contribution in [0.2, 0.25) is 0 Å². The molecule has 0 aliphatic carbocycles. The number of amides is 4. The summed E-state index contributed by atoms with van der Waals surface area (Å²) in [6, 6.07) is 12.8. The van der Waals surface area contributed by atoms with Crippen molar-refractivity contribution in [2.45, 2.75) is 26.2 Å². The van der Waals surface area contributed by atoms with Crippen LogP contribution in [0.4, 0.5) is 4.79 Å². The molecule has 7 nitrogen and oxygen atoms in total. The van der Waals surface area contributed by atoms with Crippen LogP contribution in [0, 0.1) is 0 Å². The lowest BCUT2D eigenvalue weighted by Gasteiger charge is -2.12. The highest BCUT2D eigenvalue weighted by Gasteiger charge is 2.28. The molecule has 0 bridgehead atoms. The number of imide groups is 1. The Morgan fingerprint density at radius 1 is 0.964 bits per heavy atom. The first-order chi connectivity index (χ1) is 13.1. The van der Waals surface area contributed by atoms with E-state index in [-0.39, 0.29) is 43.3 Å². The standard InChI is InChI=1S/C20H20N4O3.ClH/c25-18-11-23-20(27)24(18)12-13-1-4-15(5-2-13)19(26)22-8-14-3-6-16-9-21-10-17(16)7-14;/h1-7,21H,8-12H2,(H,22,26)(H,23,27);1H. The Balaban J connectivity index is 0.00000225. The second kappa shape index (κ2) is 8.41. The highest BCUT2D eigenvalue weighted by molar-refractivity contribution is 6.01. The van der Waals surface area contributed by atoms with E-state index in [0.29, 0.717) is 12.1 Å². The zero-order chi connectivity index (χ0) is 18.8. The number of halogens is 1. The lowest BCUT2D eigenvalue weighted by Crippen LogP contribution is -2.30. The Bertz CT molecular complexity index is 898. The molecule has 0 saturated carbocycles. The number of carbonyl (C=O) groups is 3. The van der Waals surface area contributed by atoms with E-state index in [1.807, 2.05) is 6.07 Å². The first-order valence-corrected chi connectivity index (χ1v) is 8.87. The van der Waals surface area contributed by atoms with Crippen LogP contribution in [0.25, 0.3) is 0 Å². The highest BCUT2D eigenvalue weighted by Crippen LogP contribution is 2.17. The van der Waals surface area contributed by atoms with Gasteiger partial charge in [-0.25, -0.2) is 4.79 Å². The van der Waals surface area contributed by atoms with Crippen molar-refractivity contribution in [2.75, 3.05) is 6.54 Å². The third kappa shape index (κ3) is 4.16. The molecule has 0 spiro atoms. The van der Waals surface area contributed by atoms with Crippen molar-refractivity contribution in [3.05, 3.63) is 70.3 Å². The third-order valence-electron chi connectivity index (χ3n) is 4.85. The number of fused-ring (bicyclic) bond motifs is 1. The average Bonchev–Trinajstić information content (AvgIpc) is 3.28. The Morgan fingerprint density at radius 3 is 2.39 bits per heavy atom. The van der Waals surface area contributed by atoms with Crippen molar-refractivity contribution in [3.8, 4) is 0 Å². The molecule has 2 aromatic carbocycles. The fourth-order valence-corrected chi connectivity index (χ4v) is 3.30. The molecule has 0 radical (unpaired) electrons. The SMILES string of the molecule is Cl.O=C(NCc1ccc2c(c1)CNC2)c1ccc(CN2C(=O)CNC2=O)cc1. The predicted molar refractivity (Wildman–Crippen MR) is 106 cm³/mol. The topological polar surface area (TPSA) is 90.5 Å². The Kier molecular flexibility index (Phi) is 5.96. The van der Waals surface area contributed by atoms with Gasteiger partial charge in [0.25, 0.3) is 5.91 Å². The number of carbonyl (C=O) groups excluding carboxylic acids is 3. The molecule has 0 unspecified atom stereocenters. The lowest BCUT2D eigenvalue weighted by atomic mass is 10.1. The number of urea groups is 1. The van der Waals surface area contributed by atoms with Crippen molar-refractivity contribution in [1.29, 1.82) is 0 Å². The van der Waals surface area contributed by atoms with Gasteiger partial charge in [0.1, 0.15) is 0 Å². The summed E-state index contributed by atoms with van der Waals surface area (Å²) in [4.78, 5) is 36.7. The molecule has 1 saturated heterocycles. The zero-order valence-corrected chi connectivity index (χ0v) is 16.0. The Labute approximate surface area is 168 Å². The molecule has 28 heavy (non-hydrogen) atoms. The molecule has 3 N–H and O–H groups in total. The molecule has 146 valence electrons. The van der Waals surface area contributed by atoms with Gasteiger partial charge in [0.15, 0.2) is 0 Å². The van der Waals surface area contributed by atoms with Gasteiger partial charge in [0.05, 0.1) is 13.1 Å². The van der Waals surface area contributed by atoms with Crippen molar-refractivity contribution >= 4 is 30.3 Å². The van der Waals surface area contributed by atoms with E-state index >= 15 is 0 Å². The van der Waals surface area contributed by atoms with Gasteiger partial charge in [-0.05, 0) is 34.4 Å². The lowest BCUT2D eigenvalue weighted by molar-refractivity contribution is -0.125. The molecule has 4 amide bonds. The highest BCUT2D eigenvalue weighted by atomic mass is 35.5. The van der Waals surface area contributed by atoms with Crippen molar-refractivity contribution in [2.24, 2.45) is 0 Å². The summed E-state index contributed by atoms with van der Waals surface area (Å²) in [5.41, 5.74) is 5.00. The number of rotatable bonds is 5. The molecule has 2 aromatic rings. The van der Waals surface area contributed by atoms with E-state index in [1.165, 1.54) is 11.1 Å². The van der Waals surface area contributed by atoms with E-state index in [2.05, 4.69) is 28.1 Å². The largest absolute Gasteiger partial charge is 0.348 e. The molecular formula is C20H21ClN4O3. The summed E-state index contributed by atoms with van der Waals surface area (Å²) in [6.07, 6.45) is 0. The van der Waals surface area contributed by atoms with Gasteiger partial charge < -0.3 is 16.0 Å². The summed E-state index contributed by atoms with van der Waals surface area (Å²) >= 11 is 0. The maximum atomic E-state index is 12.4. The fourth-order valence-electron chi connectivity index (χ4n) is 3.30. The second-order valence-corrected chi connectivity index (χ2v) is 6.72. The van der Waals surface area contributed by atoms with Gasteiger partial charge >= 0.3 is 6.03 Å². The number of benzene rings is 2. The van der Waals surface area contributed by atoms with E-state index < -0.39 is 0 Å². The van der Waals surface area contributed by atoms with Gasteiger partial charge in [-0.15, -0.1) is 12.4 Å². The van der Waals surface area contributed by atoms with Gasteiger partial charge in [-0.3, -0.25) is 14.5 Å². The minimum atomic E-state index is -0.383. The van der Waals surface area contributed by atoms with Gasteiger partial charge in [0.2, 0.25) is 5.91 Å². The van der Waals surface area contributed by atoms with Crippen LogP contribution in [0.1, 0.15) is 32.6 Å². The molecule has 4 rings (SSSR count). The van der Waals surface area contributed by atoms with E-state index in [0.717, 1.165) is 29.1 Å². The third-order valence-corrected chi connectivity index (χ3v) is 4.85. The van der Waals surface area contributed by atoms with Crippen molar-refractivity contribution in [3.63, 3.8) is 0 Å². The molecule has 2 aliphatic heterocycles. The number of hydrogen-bond donors (Lipinski definition) is 3. The van der Waals surface area contributed by atoms with E-state index in [1.54, 1.807) is 24.3 Å². The maximum absolute atomic E-state index is 12.4. The zero-order valence-electron chi connectivity index (χ0n) is 15.2. The van der Waals surface area contributed by atoms with Crippen LogP contribution < -0.4 is 16.0 Å². The molecular weight excluding hydrogens is 380 g/mol. The van der Waals surface area contributed by atoms with Crippen LogP contribution >= 0.6 is 12.4 Å². The fraction of sp³-hybridized carbons (Fsp3) is 0.250. The molecule has 8 heteroatoms. The number of hydrogen-bond acceptors (Lipinski definition) is 4. The molecule has 0 atom stereocenters. The van der Waals surface area contributed by atoms with Crippen LogP contribution in [-0.4, -0.2) is 29.3 Å². The van der Waals surface area contributed by atoms with Gasteiger partial charge in [0, 0.05) is 25.2 Å². The van der Waals surface area contributed by atoms with Crippen LogP contribution in [0.15, 0.2) is 42.5 Å². The van der Waals surface area contributed by atoms with E-state index in [4.69, 9.17) is 0 Å². The minimum absolute atomic E-state index is 0. The van der Waals surface area contributed by atoms with Gasteiger partial charge in [-0.1, -0.05) is 30.3 Å². The first kappa shape index (κ1) is 19.9. The summed E-state index contributed by atoms with van der Waals surface area (Å²) in [6.45, 7) is 2.49. The van der Waals surface area contributed by atoms with Crippen LogP contribution in [0.5, 0.6) is 0 Å². The molecule has 2 aliphatic rings. The van der Waals surface area contributed by atoms with Crippen molar-refractivity contribution < 1.29 is 14.4 Å². The van der Waals surface area contributed by atoms with Crippen molar-refractivity contribution in [1.82, 2.24) is 20.9 Å². The summed E-state index contributed by atoms with van der Waals surface area (Å²) in [5.74, 6) is -0.401. The summed E-state index contributed by atoms with van der Waals surface area (Å²) in [7, 11) is 0. The van der Waals surface area contributed by atoms with Gasteiger partial charge in [-0.2, -0.15) is 0 Å². The quantitative estimate of drug-likeness (QED) is 0.666. The predicted octanol–water partition coefficient (Wildman–Crippen LogP) is 1.69. The number of nitrogens with one attached hydrogen (secondary N) is 3. The van der Waals surface area contributed by atoms with E-state index in [9.17, 15) is 14.4 Å². The monoisotopic (exact) mass is 400 g/mol. The van der Waals surface area contributed by atoms with Crippen LogP contribution in [-0.2, 0) is 31.0 Å². The minimum Gasteiger partial charge on any atom is -0.348 e. The Hall–Kier alpha value is -2.90. The summed E-state index contributed by atoms with van der Waals surface area (Å²) < 4.78 is 0. The average molecular weight is 401 g/mol. The number of nitrogens with zero attached hydrogens (tertiary/aromatic N) is 1. The van der Waals surface area contributed by atoms with Crippen LogP contribution in [0.3, 0.4) is 0 Å². The maximum Gasteiger partial charge on any atom is 0.324 e.